The first kappa shape index (κ1) is 22.5. The Balaban J connectivity index is 1.55. The summed E-state index contributed by atoms with van der Waals surface area (Å²) >= 11 is 0. The molecule has 0 unspecified atom stereocenters. The fraction of sp³-hybridized carbons (Fsp3) is 0.318. The maximum atomic E-state index is 12.9. The van der Waals surface area contributed by atoms with E-state index in [0.29, 0.717) is 17.7 Å². The first-order valence-electron chi connectivity index (χ1n) is 9.90. The number of benzene rings is 2. The summed E-state index contributed by atoms with van der Waals surface area (Å²) < 4.78 is 32.5. The van der Waals surface area contributed by atoms with Gasteiger partial charge in [-0.2, -0.15) is 9.57 Å². The topological polar surface area (TPSA) is 108 Å². The monoisotopic (exact) mass is 441 g/mol. The van der Waals surface area contributed by atoms with Crippen molar-refractivity contribution in [3.8, 4) is 11.8 Å². The molecule has 0 bridgehead atoms. The predicted molar refractivity (Wildman–Crippen MR) is 113 cm³/mol. The van der Waals surface area contributed by atoms with Crippen molar-refractivity contribution in [1.82, 2.24) is 9.21 Å². The number of nitriles is 1. The van der Waals surface area contributed by atoms with Gasteiger partial charge in [0.15, 0.2) is 12.4 Å². The summed E-state index contributed by atoms with van der Waals surface area (Å²) in [4.78, 5) is 25.6. The Morgan fingerprint density at radius 2 is 1.68 bits per heavy atom. The van der Waals surface area contributed by atoms with Crippen molar-refractivity contribution >= 4 is 21.7 Å². The van der Waals surface area contributed by atoms with Crippen LogP contribution in [0.15, 0.2) is 53.4 Å². The number of sulfonamides is 1. The average molecular weight is 442 g/mol. The van der Waals surface area contributed by atoms with Gasteiger partial charge >= 0.3 is 0 Å². The van der Waals surface area contributed by atoms with E-state index in [2.05, 4.69) is 0 Å². The van der Waals surface area contributed by atoms with Gasteiger partial charge in [-0.3, -0.25) is 9.59 Å². The van der Waals surface area contributed by atoms with Gasteiger partial charge in [-0.05, 0) is 36.4 Å². The predicted octanol–water partition coefficient (Wildman–Crippen LogP) is 2.06. The molecule has 2 aromatic carbocycles. The molecule has 9 heteroatoms. The molecule has 1 saturated heterocycles. The van der Waals surface area contributed by atoms with E-state index in [0.717, 1.165) is 0 Å². The molecule has 1 fully saturated rings. The van der Waals surface area contributed by atoms with Crippen molar-refractivity contribution in [2.75, 3.05) is 32.8 Å². The van der Waals surface area contributed by atoms with Gasteiger partial charge in [-0.1, -0.05) is 19.1 Å². The largest absolute Gasteiger partial charge is 0.484 e. The summed E-state index contributed by atoms with van der Waals surface area (Å²) in [5.74, 6) is 0.270. The highest BCUT2D eigenvalue weighted by Gasteiger charge is 2.31. The smallest absolute Gasteiger partial charge is 0.260 e. The minimum Gasteiger partial charge on any atom is -0.484 e. The molecule has 3 rings (SSSR count). The maximum absolute atomic E-state index is 12.9. The van der Waals surface area contributed by atoms with Crippen LogP contribution in [-0.4, -0.2) is 62.1 Å². The summed E-state index contributed by atoms with van der Waals surface area (Å²) in [6.45, 7) is 2.37. The van der Waals surface area contributed by atoms with Gasteiger partial charge in [0.05, 0.1) is 10.5 Å². The van der Waals surface area contributed by atoms with E-state index in [-0.39, 0.29) is 54.9 Å². The Labute approximate surface area is 181 Å². The second-order valence-corrected chi connectivity index (χ2v) is 8.89. The number of hydrogen-bond donors (Lipinski definition) is 0. The molecule has 0 aliphatic carbocycles. The van der Waals surface area contributed by atoms with E-state index in [9.17, 15) is 23.3 Å². The zero-order valence-electron chi connectivity index (χ0n) is 17.2. The van der Waals surface area contributed by atoms with Crippen LogP contribution in [0.3, 0.4) is 0 Å². The third-order valence-corrected chi connectivity index (χ3v) is 7.03. The number of carbonyl (C=O) groups is 2. The van der Waals surface area contributed by atoms with Gasteiger partial charge in [0, 0.05) is 38.2 Å². The van der Waals surface area contributed by atoms with Crippen LogP contribution in [0.2, 0.25) is 0 Å². The quantitative estimate of drug-likeness (QED) is 0.609. The van der Waals surface area contributed by atoms with Crippen molar-refractivity contribution in [3.05, 3.63) is 59.7 Å². The Morgan fingerprint density at radius 1 is 1.03 bits per heavy atom. The molecular formula is C22H23N3O5S. The van der Waals surface area contributed by atoms with Gasteiger partial charge < -0.3 is 9.64 Å². The lowest BCUT2D eigenvalue weighted by Crippen LogP contribution is -2.51. The highest BCUT2D eigenvalue weighted by molar-refractivity contribution is 7.89. The average Bonchev–Trinajstić information content (AvgIpc) is 2.82. The SMILES string of the molecule is CCC(=O)c1ccc(OCC(=O)N2CCN(S(=O)(=O)c3ccccc3C#N)CC2)cc1. The van der Waals surface area contributed by atoms with Crippen LogP contribution in [0.1, 0.15) is 29.3 Å². The molecule has 0 spiro atoms. The number of piperazine rings is 1. The summed E-state index contributed by atoms with van der Waals surface area (Å²) in [5.41, 5.74) is 0.692. The number of carbonyl (C=O) groups excluding carboxylic acids is 2. The van der Waals surface area contributed by atoms with Gasteiger partial charge in [-0.25, -0.2) is 8.42 Å². The molecule has 0 aromatic heterocycles. The van der Waals surface area contributed by atoms with Crippen LogP contribution in [0, 0.1) is 11.3 Å². The highest BCUT2D eigenvalue weighted by Crippen LogP contribution is 2.21. The summed E-state index contributed by atoms with van der Waals surface area (Å²) in [5, 5.41) is 9.19. The van der Waals surface area contributed by atoms with Crippen LogP contribution in [0.5, 0.6) is 5.75 Å². The van der Waals surface area contributed by atoms with E-state index < -0.39 is 10.0 Å². The Morgan fingerprint density at radius 3 is 2.29 bits per heavy atom. The van der Waals surface area contributed by atoms with E-state index in [1.807, 2.05) is 6.07 Å². The first-order chi connectivity index (χ1) is 14.9. The molecule has 8 nitrogen and oxygen atoms in total. The fourth-order valence-corrected chi connectivity index (χ4v) is 4.84. The van der Waals surface area contributed by atoms with Crippen LogP contribution in [0.4, 0.5) is 0 Å². The molecule has 1 heterocycles. The third kappa shape index (κ3) is 5.10. The molecule has 162 valence electrons. The lowest BCUT2D eigenvalue weighted by atomic mass is 10.1. The number of ether oxygens (including phenoxy) is 1. The Kier molecular flexibility index (Phi) is 7.05. The van der Waals surface area contributed by atoms with Crippen LogP contribution < -0.4 is 4.74 Å². The van der Waals surface area contributed by atoms with E-state index in [1.165, 1.54) is 16.4 Å². The van der Waals surface area contributed by atoms with Crippen molar-refractivity contribution in [1.29, 1.82) is 5.26 Å². The number of ketones is 1. The number of Topliss-reactive ketones (excluding diaryl/α,β-unsaturated/α-hetero) is 1. The second kappa shape index (κ2) is 9.73. The second-order valence-electron chi connectivity index (χ2n) is 6.98. The number of hydrogen-bond acceptors (Lipinski definition) is 6. The summed E-state index contributed by atoms with van der Waals surface area (Å²) in [6, 6.07) is 14.6. The molecule has 2 aromatic rings. The van der Waals surface area contributed by atoms with Crippen LogP contribution >= 0.6 is 0 Å². The molecule has 1 aliphatic rings. The molecule has 0 saturated carbocycles. The van der Waals surface area contributed by atoms with Crippen LogP contribution in [0.25, 0.3) is 0 Å². The van der Waals surface area contributed by atoms with Crippen molar-refractivity contribution in [2.45, 2.75) is 18.2 Å². The normalized spacial score (nSPS) is 14.6. The van der Waals surface area contributed by atoms with Gasteiger partial charge in [0.2, 0.25) is 10.0 Å². The zero-order valence-corrected chi connectivity index (χ0v) is 18.0. The minimum atomic E-state index is -3.81. The number of amides is 1. The van der Waals surface area contributed by atoms with Gasteiger partial charge in [0.1, 0.15) is 11.8 Å². The Hall–Kier alpha value is -3.22. The first-order valence-corrected chi connectivity index (χ1v) is 11.3. The van der Waals surface area contributed by atoms with Crippen LogP contribution in [-0.2, 0) is 14.8 Å². The molecule has 0 N–H and O–H groups in total. The molecule has 0 radical (unpaired) electrons. The van der Waals surface area contributed by atoms with E-state index in [1.54, 1.807) is 48.2 Å². The Bertz CT molecular complexity index is 1100. The molecule has 31 heavy (non-hydrogen) atoms. The van der Waals surface area contributed by atoms with Gasteiger partial charge in [-0.15, -0.1) is 0 Å². The molecule has 1 amide bonds. The minimum absolute atomic E-state index is 0.0226. The summed E-state index contributed by atoms with van der Waals surface area (Å²) in [7, 11) is -3.81. The maximum Gasteiger partial charge on any atom is 0.260 e. The van der Waals surface area contributed by atoms with Gasteiger partial charge in [0.25, 0.3) is 5.91 Å². The number of rotatable bonds is 7. The van der Waals surface area contributed by atoms with Crippen molar-refractivity contribution < 1.29 is 22.7 Å². The summed E-state index contributed by atoms with van der Waals surface area (Å²) in [6.07, 6.45) is 0.419. The molecule has 1 aliphatic heterocycles. The van der Waals surface area contributed by atoms with E-state index >= 15 is 0 Å². The highest BCUT2D eigenvalue weighted by atomic mass is 32.2. The lowest BCUT2D eigenvalue weighted by molar-refractivity contribution is -0.134. The fourth-order valence-electron chi connectivity index (χ4n) is 3.28. The number of nitrogens with zero attached hydrogens (tertiary/aromatic N) is 3. The molecular weight excluding hydrogens is 418 g/mol. The standard InChI is InChI=1S/C22H23N3O5S/c1-2-20(26)17-7-9-19(10-8-17)30-16-22(27)24-11-13-25(14-12-24)31(28,29)21-6-4-3-5-18(21)15-23/h3-10H,2,11-14,16H2,1H3. The molecule has 0 atom stereocenters. The lowest BCUT2D eigenvalue weighted by Gasteiger charge is -2.34. The third-order valence-electron chi connectivity index (χ3n) is 5.08. The van der Waals surface area contributed by atoms with Crippen molar-refractivity contribution in [3.63, 3.8) is 0 Å². The zero-order chi connectivity index (χ0) is 22.4. The van der Waals surface area contributed by atoms with Crippen molar-refractivity contribution in [2.24, 2.45) is 0 Å². The van der Waals surface area contributed by atoms with E-state index in [4.69, 9.17) is 4.74 Å².